The molecular formula is C17H24O5. The van der Waals surface area contributed by atoms with Gasteiger partial charge in [-0.15, -0.1) is 0 Å². The molecule has 122 valence electrons. The van der Waals surface area contributed by atoms with E-state index in [9.17, 15) is 9.90 Å². The lowest BCUT2D eigenvalue weighted by Gasteiger charge is -2.34. The maximum absolute atomic E-state index is 12.0. The molecule has 0 aromatic heterocycles. The minimum absolute atomic E-state index is 0.354. The first-order valence-electron chi connectivity index (χ1n) is 7.56. The highest BCUT2D eigenvalue weighted by atomic mass is 16.5. The SMILES string of the molecule is COCc1c(OC)cc(C2(C(=O)O)CCCCC2)cc1OC. The van der Waals surface area contributed by atoms with Crippen LogP contribution in [0.1, 0.15) is 43.2 Å². The van der Waals surface area contributed by atoms with Crippen LogP contribution in [0.15, 0.2) is 12.1 Å². The Kier molecular flexibility index (Phi) is 5.29. The Hall–Kier alpha value is -1.75. The van der Waals surface area contributed by atoms with Crippen molar-refractivity contribution in [1.29, 1.82) is 0 Å². The molecule has 0 saturated heterocycles. The van der Waals surface area contributed by atoms with Gasteiger partial charge in [0.2, 0.25) is 0 Å². The molecule has 1 saturated carbocycles. The lowest BCUT2D eigenvalue weighted by molar-refractivity contribution is -0.145. The first kappa shape index (κ1) is 16.6. The Bertz CT molecular complexity index is 507. The van der Waals surface area contributed by atoms with Crippen LogP contribution in [-0.2, 0) is 21.6 Å². The van der Waals surface area contributed by atoms with Gasteiger partial charge in [-0.3, -0.25) is 4.79 Å². The Morgan fingerprint density at radius 1 is 1.09 bits per heavy atom. The number of carboxylic acids is 1. The summed E-state index contributed by atoms with van der Waals surface area (Å²) in [5.74, 6) is 0.459. The van der Waals surface area contributed by atoms with E-state index in [4.69, 9.17) is 14.2 Å². The molecule has 0 aliphatic heterocycles. The van der Waals surface area contributed by atoms with Crippen LogP contribution in [0.4, 0.5) is 0 Å². The fourth-order valence-corrected chi connectivity index (χ4v) is 3.33. The number of rotatable bonds is 6. The van der Waals surface area contributed by atoms with Crippen molar-refractivity contribution in [3.05, 3.63) is 23.3 Å². The lowest BCUT2D eigenvalue weighted by Crippen LogP contribution is -2.37. The minimum atomic E-state index is -0.843. The second kappa shape index (κ2) is 7.01. The van der Waals surface area contributed by atoms with Gasteiger partial charge in [0, 0.05) is 7.11 Å². The monoisotopic (exact) mass is 308 g/mol. The fourth-order valence-electron chi connectivity index (χ4n) is 3.33. The molecule has 22 heavy (non-hydrogen) atoms. The number of carbonyl (C=O) groups is 1. The summed E-state index contributed by atoms with van der Waals surface area (Å²) in [7, 11) is 4.75. The first-order valence-corrected chi connectivity index (χ1v) is 7.56. The quantitative estimate of drug-likeness (QED) is 0.874. The molecular weight excluding hydrogens is 284 g/mol. The van der Waals surface area contributed by atoms with Crippen molar-refractivity contribution in [3.8, 4) is 11.5 Å². The summed E-state index contributed by atoms with van der Waals surface area (Å²) in [4.78, 5) is 12.0. The number of benzene rings is 1. The van der Waals surface area contributed by atoms with Gasteiger partial charge in [0.25, 0.3) is 0 Å². The summed E-state index contributed by atoms with van der Waals surface area (Å²) >= 11 is 0. The zero-order valence-electron chi connectivity index (χ0n) is 13.5. The molecule has 1 aromatic rings. The number of carboxylic acid groups (broad SMARTS) is 1. The molecule has 0 bridgehead atoms. The van der Waals surface area contributed by atoms with E-state index in [0.29, 0.717) is 30.9 Å². The predicted molar refractivity (Wildman–Crippen MR) is 82.7 cm³/mol. The molecule has 5 heteroatoms. The third-order valence-electron chi connectivity index (χ3n) is 4.57. The largest absolute Gasteiger partial charge is 0.496 e. The molecule has 1 aliphatic rings. The molecule has 0 unspecified atom stereocenters. The Morgan fingerprint density at radius 3 is 2.05 bits per heavy atom. The summed E-state index contributed by atoms with van der Waals surface area (Å²) in [6.45, 7) is 0.354. The highest BCUT2D eigenvalue weighted by Crippen LogP contribution is 2.43. The van der Waals surface area contributed by atoms with Crippen molar-refractivity contribution in [2.45, 2.75) is 44.1 Å². The molecule has 0 heterocycles. The molecule has 0 amide bonds. The number of aliphatic carboxylic acids is 1. The third-order valence-corrected chi connectivity index (χ3v) is 4.57. The van der Waals surface area contributed by atoms with Gasteiger partial charge in [0.15, 0.2) is 0 Å². The van der Waals surface area contributed by atoms with Crippen LogP contribution in [0, 0.1) is 0 Å². The highest BCUT2D eigenvalue weighted by Gasteiger charge is 2.42. The zero-order valence-corrected chi connectivity index (χ0v) is 13.5. The molecule has 1 N–H and O–H groups in total. The van der Waals surface area contributed by atoms with E-state index in [2.05, 4.69) is 0 Å². The smallest absolute Gasteiger partial charge is 0.314 e. The summed E-state index contributed by atoms with van der Waals surface area (Å²) in [5.41, 5.74) is 0.713. The van der Waals surface area contributed by atoms with Crippen molar-refractivity contribution in [2.75, 3.05) is 21.3 Å². The standard InChI is InChI=1S/C17H24O5/c1-20-11-13-14(21-2)9-12(10-15(13)22-3)17(16(18)19)7-5-4-6-8-17/h9-10H,4-8,11H2,1-3H3,(H,18,19). The minimum Gasteiger partial charge on any atom is -0.496 e. The maximum atomic E-state index is 12.0. The second-order valence-corrected chi connectivity index (χ2v) is 5.74. The van der Waals surface area contributed by atoms with E-state index in [1.807, 2.05) is 12.1 Å². The third kappa shape index (κ3) is 2.90. The molecule has 1 aliphatic carbocycles. The summed E-state index contributed by atoms with van der Waals surface area (Å²) in [6.07, 6.45) is 4.25. The average molecular weight is 308 g/mol. The van der Waals surface area contributed by atoms with E-state index < -0.39 is 11.4 Å². The Balaban J connectivity index is 2.56. The maximum Gasteiger partial charge on any atom is 0.314 e. The van der Waals surface area contributed by atoms with Crippen LogP contribution in [0.3, 0.4) is 0 Å². The van der Waals surface area contributed by atoms with Crippen molar-refractivity contribution in [2.24, 2.45) is 0 Å². The lowest BCUT2D eigenvalue weighted by atomic mass is 9.69. The van der Waals surface area contributed by atoms with Gasteiger partial charge >= 0.3 is 5.97 Å². The van der Waals surface area contributed by atoms with E-state index in [1.165, 1.54) is 0 Å². The van der Waals surface area contributed by atoms with Gasteiger partial charge in [-0.05, 0) is 30.5 Å². The van der Waals surface area contributed by atoms with Gasteiger partial charge in [-0.25, -0.2) is 0 Å². The number of methoxy groups -OCH3 is 3. The van der Waals surface area contributed by atoms with Crippen LogP contribution < -0.4 is 9.47 Å². The predicted octanol–water partition coefficient (Wildman–Crippen LogP) is 3.14. The average Bonchev–Trinajstić information content (AvgIpc) is 2.55. The molecule has 0 spiro atoms. The first-order chi connectivity index (χ1) is 10.6. The van der Waals surface area contributed by atoms with Crippen molar-refractivity contribution in [1.82, 2.24) is 0 Å². The summed E-state index contributed by atoms with van der Waals surface area (Å²) in [5, 5.41) is 9.84. The number of hydrogen-bond acceptors (Lipinski definition) is 4. The van der Waals surface area contributed by atoms with Crippen LogP contribution >= 0.6 is 0 Å². The van der Waals surface area contributed by atoms with Crippen molar-refractivity contribution in [3.63, 3.8) is 0 Å². The molecule has 5 nitrogen and oxygen atoms in total. The van der Waals surface area contributed by atoms with Gasteiger partial charge in [0.05, 0.1) is 31.8 Å². The topological polar surface area (TPSA) is 65.0 Å². The number of ether oxygens (including phenoxy) is 3. The van der Waals surface area contributed by atoms with E-state index in [-0.39, 0.29) is 0 Å². The van der Waals surface area contributed by atoms with E-state index >= 15 is 0 Å². The van der Waals surface area contributed by atoms with Crippen molar-refractivity contribution >= 4 is 5.97 Å². The summed E-state index contributed by atoms with van der Waals surface area (Å²) in [6, 6.07) is 3.66. The second-order valence-electron chi connectivity index (χ2n) is 5.74. The van der Waals surface area contributed by atoms with Crippen LogP contribution in [0.25, 0.3) is 0 Å². The normalized spacial score (nSPS) is 17.0. The van der Waals surface area contributed by atoms with Crippen LogP contribution in [0.5, 0.6) is 11.5 Å². The fraction of sp³-hybridized carbons (Fsp3) is 0.588. The van der Waals surface area contributed by atoms with Gasteiger partial charge in [-0.1, -0.05) is 19.3 Å². The molecule has 1 aromatic carbocycles. The van der Waals surface area contributed by atoms with E-state index in [1.54, 1.807) is 21.3 Å². The Labute approximate surface area is 131 Å². The van der Waals surface area contributed by atoms with Crippen molar-refractivity contribution < 1.29 is 24.1 Å². The Morgan fingerprint density at radius 2 is 1.64 bits per heavy atom. The van der Waals surface area contributed by atoms with Crippen LogP contribution in [-0.4, -0.2) is 32.4 Å². The van der Waals surface area contributed by atoms with Gasteiger partial charge in [-0.2, -0.15) is 0 Å². The summed E-state index contributed by atoms with van der Waals surface area (Å²) < 4.78 is 16.1. The van der Waals surface area contributed by atoms with Crippen LogP contribution in [0.2, 0.25) is 0 Å². The van der Waals surface area contributed by atoms with Gasteiger partial charge < -0.3 is 19.3 Å². The molecule has 1 fully saturated rings. The highest BCUT2D eigenvalue weighted by molar-refractivity contribution is 5.82. The molecule has 0 radical (unpaired) electrons. The zero-order chi connectivity index (χ0) is 16.2. The number of hydrogen-bond donors (Lipinski definition) is 1. The van der Waals surface area contributed by atoms with Gasteiger partial charge in [0.1, 0.15) is 11.5 Å². The molecule has 0 atom stereocenters. The molecule has 2 rings (SSSR count). The van der Waals surface area contributed by atoms with E-state index in [0.717, 1.165) is 30.4 Å².